The van der Waals surface area contributed by atoms with Crippen molar-refractivity contribution in [3.8, 4) is 46.0 Å². The number of hydrogen-bond donors (Lipinski definition) is 10. The molecular formula is C47H52N4O12. The molecular weight excluding hydrogens is 813 g/mol. The molecule has 0 atom stereocenters. The van der Waals surface area contributed by atoms with Gasteiger partial charge < -0.3 is 56.8 Å². The number of phenols is 7. The second kappa shape index (κ2) is 23.6. The van der Waals surface area contributed by atoms with Crippen LogP contribution in [0.2, 0.25) is 0 Å². The largest absolute Gasteiger partial charge is 0.504 e. The van der Waals surface area contributed by atoms with Crippen molar-refractivity contribution >= 4 is 47.7 Å². The van der Waals surface area contributed by atoms with Gasteiger partial charge in [-0.3, -0.25) is 24.1 Å². The standard InChI is InChI=1S/C47H52N4O12/c1-63-42-30-34(8-16-38(42)55)12-20-46(62)51(45(61)19-11-33-7-15-37(54)41(58)29-33)47(21-26-50-24-3-2-23-49-25-4-22-48,43(59)17-9-31-5-13-35(52)39(56)27-31)44(60)18-10-32-6-14-36(53)40(57)28-32/h5-20,27-30,49-50,52-58H,2-4,21-26,48H2,1H3/b17-9+,18-10+,19-11+,20-12+. The zero-order valence-corrected chi connectivity index (χ0v) is 34.6. The normalized spacial score (nSPS) is 11.8. The summed E-state index contributed by atoms with van der Waals surface area (Å²) in [5.41, 5.74) is 3.89. The summed E-state index contributed by atoms with van der Waals surface area (Å²) in [6.07, 6.45) is 10.6. The second-order valence-corrected chi connectivity index (χ2v) is 14.2. The first-order valence-electron chi connectivity index (χ1n) is 19.9. The van der Waals surface area contributed by atoms with E-state index in [4.69, 9.17) is 10.5 Å². The summed E-state index contributed by atoms with van der Waals surface area (Å²) < 4.78 is 5.19. The van der Waals surface area contributed by atoms with Crippen molar-refractivity contribution in [3.63, 3.8) is 0 Å². The topological polar surface area (TPSA) is 272 Å². The van der Waals surface area contributed by atoms with Crippen molar-refractivity contribution in [3.05, 3.63) is 119 Å². The van der Waals surface area contributed by atoms with Crippen molar-refractivity contribution < 1.29 is 59.7 Å². The number of nitrogens with two attached hydrogens (primary N) is 1. The number of carbonyl (C=O) groups is 4. The molecule has 0 unspecified atom stereocenters. The van der Waals surface area contributed by atoms with E-state index in [2.05, 4.69) is 10.6 Å². The summed E-state index contributed by atoms with van der Waals surface area (Å²) in [5, 5.41) is 76.7. The van der Waals surface area contributed by atoms with E-state index in [1.54, 1.807) is 0 Å². The van der Waals surface area contributed by atoms with Gasteiger partial charge >= 0.3 is 0 Å². The van der Waals surface area contributed by atoms with Gasteiger partial charge in [-0.2, -0.15) is 0 Å². The fourth-order valence-electron chi connectivity index (χ4n) is 6.27. The number of nitrogens with one attached hydrogen (secondary N) is 2. The molecule has 16 heteroatoms. The van der Waals surface area contributed by atoms with E-state index >= 15 is 0 Å². The molecule has 4 aromatic rings. The molecule has 0 radical (unpaired) electrons. The molecule has 0 aliphatic rings. The maximum Gasteiger partial charge on any atom is 0.254 e. The Morgan fingerprint density at radius 2 is 0.921 bits per heavy atom. The molecule has 16 nitrogen and oxygen atoms in total. The number of methoxy groups -OCH3 is 1. The summed E-state index contributed by atoms with van der Waals surface area (Å²) in [6, 6.07) is 15.3. The molecule has 0 aliphatic heterocycles. The molecule has 0 heterocycles. The van der Waals surface area contributed by atoms with Crippen molar-refractivity contribution in [1.29, 1.82) is 0 Å². The average molecular weight is 865 g/mol. The van der Waals surface area contributed by atoms with Gasteiger partial charge in [-0.15, -0.1) is 0 Å². The summed E-state index contributed by atoms with van der Waals surface area (Å²) in [6.45, 7) is 2.40. The van der Waals surface area contributed by atoms with E-state index in [-0.39, 0.29) is 34.7 Å². The minimum absolute atomic E-state index is 0.0746. The number of ketones is 2. The molecule has 332 valence electrons. The van der Waals surface area contributed by atoms with Gasteiger partial charge in [0.05, 0.1) is 7.11 Å². The summed E-state index contributed by atoms with van der Waals surface area (Å²) in [5.74, 6) is -7.25. The summed E-state index contributed by atoms with van der Waals surface area (Å²) >= 11 is 0. The van der Waals surface area contributed by atoms with Crippen LogP contribution >= 0.6 is 0 Å². The minimum Gasteiger partial charge on any atom is -0.504 e. The smallest absolute Gasteiger partial charge is 0.254 e. The maximum absolute atomic E-state index is 15.0. The van der Waals surface area contributed by atoms with Crippen LogP contribution in [0, 0.1) is 0 Å². The first-order chi connectivity index (χ1) is 30.2. The molecule has 0 spiro atoms. The maximum atomic E-state index is 15.0. The van der Waals surface area contributed by atoms with Crippen LogP contribution in [0.4, 0.5) is 0 Å². The molecule has 0 saturated carbocycles. The lowest BCUT2D eigenvalue weighted by Crippen LogP contribution is -2.63. The number of rotatable bonds is 23. The molecule has 0 bridgehead atoms. The van der Waals surface area contributed by atoms with Gasteiger partial charge in [-0.05, 0) is 153 Å². The number of nitrogens with zero attached hydrogens (tertiary/aromatic N) is 1. The van der Waals surface area contributed by atoms with Crippen LogP contribution in [-0.2, 0) is 19.2 Å². The Balaban J connectivity index is 1.90. The molecule has 63 heavy (non-hydrogen) atoms. The Labute approximate surface area is 364 Å². The molecule has 4 aromatic carbocycles. The summed E-state index contributed by atoms with van der Waals surface area (Å²) in [4.78, 5) is 59.7. The minimum atomic E-state index is -2.64. The van der Waals surface area contributed by atoms with E-state index in [9.17, 15) is 54.9 Å². The van der Waals surface area contributed by atoms with E-state index < -0.39 is 69.8 Å². The number of imide groups is 1. The third kappa shape index (κ3) is 13.5. The fraction of sp³-hybridized carbons (Fsp3) is 0.234. The van der Waals surface area contributed by atoms with Crippen molar-refractivity contribution in [2.24, 2.45) is 5.73 Å². The fourth-order valence-corrected chi connectivity index (χ4v) is 6.27. The lowest BCUT2D eigenvalue weighted by molar-refractivity contribution is -0.156. The van der Waals surface area contributed by atoms with E-state index in [1.165, 1.54) is 86.0 Å². The Bertz CT molecular complexity index is 2300. The molecule has 0 fully saturated rings. The second-order valence-electron chi connectivity index (χ2n) is 14.2. The van der Waals surface area contributed by atoms with Gasteiger partial charge in [0.1, 0.15) is 0 Å². The SMILES string of the molecule is COc1cc(/C=C/C(=O)N(C(=O)/C=C/c2ccc(O)c(O)c2)C(CCNCCCCNCCCN)(C(=O)/C=C/c2ccc(O)c(O)c2)C(=O)/C=C/c2ccc(O)c(O)c2)ccc1O. The highest BCUT2D eigenvalue weighted by Gasteiger charge is 2.52. The first-order valence-corrected chi connectivity index (χ1v) is 19.9. The van der Waals surface area contributed by atoms with E-state index in [0.29, 0.717) is 30.0 Å². The van der Waals surface area contributed by atoms with Gasteiger partial charge in [0.25, 0.3) is 11.8 Å². The van der Waals surface area contributed by atoms with Crippen molar-refractivity contribution in [2.75, 3.05) is 39.8 Å². The molecule has 2 amide bonds. The molecule has 4 rings (SSSR count). The number of carbonyl (C=O) groups excluding carboxylic acids is 4. The van der Waals surface area contributed by atoms with Crippen LogP contribution in [0.15, 0.2) is 97.1 Å². The number of benzene rings is 4. The number of aromatic hydroxyl groups is 7. The van der Waals surface area contributed by atoms with E-state index in [0.717, 1.165) is 68.4 Å². The van der Waals surface area contributed by atoms with Crippen LogP contribution in [0.1, 0.15) is 47.9 Å². The first kappa shape index (κ1) is 48.3. The predicted molar refractivity (Wildman–Crippen MR) is 238 cm³/mol. The van der Waals surface area contributed by atoms with Crippen LogP contribution < -0.4 is 21.1 Å². The third-order valence-corrected chi connectivity index (χ3v) is 9.71. The highest BCUT2D eigenvalue weighted by Crippen LogP contribution is 2.32. The third-order valence-electron chi connectivity index (χ3n) is 9.71. The van der Waals surface area contributed by atoms with E-state index in [1.807, 2.05) is 0 Å². The summed E-state index contributed by atoms with van der Waals surface area (Å²) in [7, 11) is 1.33. The molecule has 0 aromatic heterocycles. The Morgan fingerprint density at radius 1 is 0.540 bits per heavy atom. The number of ether oxygens (including phenoxy) is 1. The number of phenolic OH excluding ortho intramolecular Hbond substituents is 7. The number of unbranched alkanes of at least 4 members (excludes halogenated alkanes) is 1. The highest BCUT2D eigenvalue weighted by atomic mass is 16.5. The molecule has 0 aliphatic carbocycles. The molecule has 0 saturated heterocycles. The van der Waals surface area contributed by atoms with Crippen LogP contribution in [-0.4, -0.2) is 109 Å². The lowest BCUT2D eigenvalue weighted by Gasteiger charge is -2.38. The van der Waals surface area contributed by atoms with Gasteiger partial charge in [0.2, 0.25) is 0 Å². The quantitative estimate of drug-likeness (QED) is 0.0209. The van der Waals surface area contributed by atoms with Crippen LogP contribution in [0.25, 0.3) is 24.3 Å². The Hall–Kier alpha value is -7.40. The lowest BCUT2D eigenvalue weighted by atomic mass is 9.81. The van der Waals surface area contributed by atoms with Gasteiger partial charge in [0, 0.05) is 12.2 Å². The zero-order valence-electron chi connectivity index (χ0n) is 34.6. The number of hydrogen-bond acceptors (Lipinski definition) is 15. The molecule has 11 N–H and O–H groups in total. The Morgan fingerprint density at radius 3 is 1.33 bits per heavy atom. The zero-order chi connectivity index (χ0) is 45.9. The Kier molecular flexibility index (Phi) is 18.0. The average Bonchev–Trinajstić information content (AvgIpc) is 3.27. The van der Waals surface area contributed by atoms with Gasteiger partial charge in [-0.25, -0.2) is 0 Å². The van der Waals surface area contributed by atoms with Crippen LogP contribution in [0.3, 0.4) is 0 Å². The number of amides is 2. The van der Waals surface area contributed by atoms with Gasteiger partial charge in [0.15, 0.2) is 63.1 Å². The van der Waals surface area contributed by atoms with Crippen molar-refractivity contribution in [1.82, 2.24) is 15.5 Å². The van der Waals surface area contributed by atoms with Crippen LogP contribution in [0.5, 0.6) is 46.0 Å². The van der Waals surface area contributed by atoms with Gasteiger partial charge in [-0.1, -0.05) is 36.4 Å². The highest BCUT2D eigenvalue weighted by molar-refractivity contribution is 6.27. The monoisotopic (exact) mass is 864 g/mol. The van der Waals surface area contributed by atoms with Crippen molar-refractivity contribution in [2.45, 2.75) is 31.2 Å². The predicted octanol–water partition coefficient (Wildman–Crippen LogP) is 4.72.